The van der Waals surface area contributed by atoms with Gasteiger partial charge < -0.3 is 20.1 Å². The predicted molar refractivity (Wildman–Crippen MR) is 83.4 cm³/mol. The molecule has 23 heavy (non-hydrogen) atoms. The van der Waals surface area contributed by atoms with Crippen molar-refractivity contribution in [2.75, 3.05) is 19.6 Å². The molecule has 1 aromatic heterocycles. The van der Waals surface area contributed by atoms with Crippen LogP contribution in [0.15, 0.2) is 6.07 Å². The Morgan fingerprint density at radius 3 is 2.74 bits per heavy atom. The number of rotatable bonds is 3. The van der Waals surface area contributed by atoms with Crippen LogP contribution in [0.3, 0.4) is 0 Å². The average Bonchev–Trinajstić information content (AvgIpc) is 3.07. The quantitative estimate of drug-likeness (QED) is 0.842. The van der Waals surface area contributed by atoms with Crippen molar-refractivity contribution in [2.45, 2.75) is 26.3 Å². The Bertz CT molecular complexity index is 679. The van der Waals surface area contributed by atoms with E-state index in [-0.39, 0.29) is 17.7 Å². The van der Waals surface area contributed by atoms with E-state index in [0.717, 1.165) is 11.3 Å². The zero-order valence-corrected chi connectivity index (χ0v) is 13.5. The molecule has 0 bridgehead atoms. The third-order valence-electron chi connectivity index (χ3n) is 4.95. The van der Waals surface area contributed by atoms with Gasteiger partial charge in [-0.15, -0.1) is 0 Å². The maximum Gasteiger partial charge on any atom is 0.265 e. The summed E-state index contributed by atoms with van der Waals surface area (Å²) in [4.78, 5) is 39.5. The third kappa shape index (κ3) is 2.60. The molecule has 2 N–H and O–H groups in total. The molecule has 3 amide bonds. The molecule has 7 heteroatoms. The number of nitrogens with zero attached hydrogens (tertiary/aromatic N) is 3. The van der Waals surface area contributed by atoms with Crippen LogP contribution in [0.1, 0.15) is 35.1 Å². The van der Waals surface area contributed by atoms with Gasteiger partial charge in [0, 0.05) is 38.8 Å². The van der Waals surface area contributed by atoms with Crippen LogP contribution in [0.5, 0.6) is 0 Å². The first-order valence-electron chi connectivity index (χ1n) is 7.96. The number of hydrogen-bond acceptors (Lipinski definition) is 3. The minimum atomic E-state index is -0.459. The van der Waals surface area contributed by atoms with Gasteiger partial charge >= 0.3 is 0 Å². The molecular weight excluding hydrogens is 296 g/mol. The molecule has 0 radical (unpaired) electrons. The highest BCUT2D eigenvalue weighted by Crippen LogP contribution is 2.26. The smallest absolute Gasteiger partial charge is 0.265 e. The van der Waals surface area contributed by atoms with Gasteiger partial charge in [0.25, 0.3) is 5.91 Å². The molecule has 0 spiro atoms. The zero-order valence-electron chi connectivity index (χ0n) is 13.5. The van der Waals surface area contributed by atoms with Crippen LogP contribution in [-0.4, -0.2) is 51.7 Å². The number of carbonyl (C=O) groups is 3. The van der Waals surface area contributed by atoms with Gasteiger partial charge in [0.1, 0.15) is 5.69 Å². The minimum Gasteiger partial charge on any atom is -0.364 e. The standard InChI is InChI=1S/C16H22N4O3/c1-3-19-8-11(7-14(19)21)16(23)20-5-4-10-6-12(15(17)22)18(2)13(10)9-20/h6,11H,3-5,7-9H2,1-2H3,(H2,17,22). The number of amides is 3. The molecule has 1 atom stereocenters. The number of likely N-dealkylation sites (tertiary alicyclic amines) is 1. The molecule has 3 rings (SSSR count). The normalized spacial score (nSPS) is 20.8. The molecule has 2 aliphatic rings. The van der Waals surface area contributed by atoms with Gasteiger partial charge in [-0.2, -0.15) is 0 Å². The lowest BCUT2D eigenvalue weighted by atomic mass is 10.0. The van der Waals surface area contributed by atoms with Gasteiger partial charge in [0.15, 0.2) is 0 Å². The van der Waals surface area contributed by atoms with E-state index >= 15 is 0 Å². The van der Waals surface area contributed by atoms with Crippen LogP contribution in [0, 0.1) is 5.92 Å². The van der Waals surface area contributed by atoms with Gasteiger partial charge in [-0.05, 0) is 25.0 Å². The summed E-state index contributed by atoms with van der Waals surface area (Å²) in [6, 6.07) is 1.82. The van der Waals surface area contributed by atoms with Crippen LogP contribution in [-0.2, 0) is 29.6 Å². The second-order valence-electron chi connectivity index (χ2n) is 6.27. The molecule has 1 fully saturated rings. The van der Waals surface area contributed by atoms with Crippen LogP contribution in [0.4, 0.5) is 0 Å². The van der Waals surface area contributed by atoms with Crippen molar-refractivity contribution in [1.29, 1.82) is 0 Å². The molecule has 3 heterocycles. The molecule has 2 aliphatic heterocycles. The predicted octanol–water partition coefficient (Wildman–Crippen LogP) is -0.123. The second-order valence-corrected chi connectivity index (χ2v) is 6.27. The Balaban J connectivity index is 1.76. The Kier molecular flexibility index (Phi) is 3.87. The van der Waals surface area contributed by atoms with Gasteiger partial charge in [-0.25, -0.2) is 0 Å². The molecule has 0 saturated carbocycles. The molecule has 0 aromatic carbocycles. The summed E-state index contributed by atoms with van der Waals surface area (Å²) in [6.07, 6.45) is 1.01. The van der Waals surface area contributed by atoms with Crippen LogP contribution in [0.2, 0.25) is 0 Å². The van der Waals surface area contributed by atoms with Crippen molar-refractivity contribution < 1.29 is 14.4 Å². The number of primary amides is 1. The van der Waals surface area contributed by atoms with E-state index in [1.165, 1.54) is 0 Å². The topological polar surface area (TPSA) is 88.6 Å². The van der Waals surface area contributed by atoms with E-state index in [9.17, 15) is 14.4 Å². The highest BCUT2D eigenvalue weighted by Gasteiger charge is 2.37. The van der Waals surface area contributed by atoms with Crippen molar-refractivity contribution in [3.05, 3.63) is 23.0 Å². The van der Waals surface area contributed by atoms with Gasteiger partial charge in [0.2, 0.25) is 11.8 Å². The van der Waals surface area contributed by atoms with E-state index < -0.39 is 5.91 Å². The zero-order chi connectivity index (χ0) is 16.7. The number of carbonyl (C=O) groups excluding carboxylic acids is 3. The van der Waals surface area contributed by atoms with E-state index in [1.54, 1.807) is 21.4 Å². The summed E-state index contributed by atoms with van der Waals surface area (Å²) >= 11 is 0. The first-order valence-corrected chi connectivity index (χ1v) is 7.96. The third-order valence-corrected chi connectivity index (χ3v) is 4.95. The fraction of sp³-hybridized carbons (Fsp3) is 0.562. The molecule has 0 aliphatic carbocycles. The minimum absolute atomic E-state index is 0.0294. The first kappa shape index (κ1) is 15.6. The molecular formula is C16H22N4O3. The van der Waals surface area contributed by atoms with Crippen LogP contribution in [0.25, 0.3) is 0 Å². The summed E-state index contributed by atoms with van der Waals surface area (Å²) in [5, 5.41) is 0. The Labute approximate surface area is 135 Å². The summed E-state index contributed by atoms with van der Waals surface area (Å²) < 4.78 is 1.77. The van der Waals surface area contributed by atoms with Crippen LogP contribution < -0.4 is 5.73 Å². The number of nitrogens with two attached hydrogens (primary N) is 1. The largest absolute Gasteiger partial charge is 0.364 e. The molecule has 1 aromatic rings. The summed E-state index contributed by atoms with van der Waals surface area (Å²) in [5.41, 5.74) is 7.88. The highest BCUT2D eigenvalue weighted by atomic mass is 16.2. The van der Waals surface area contributed by atoms with Gasteiger partial charge in [-0.3, -0.25) is 14.4 Å². The lowest BCUT2D eigenvalue weighted by Crippen LogP contribution is -2.41. The monoisotopic (exact) mass is 318 g/mol. The first-order chi connectivity index (χ1) is 10.9. The van der Waals surface area contributed by atoms with E-state index in [4.69, 9.17) is 5.73 Å². The summed E-state index contributed by atoms with van der Waals surface area (Å²) in [7, 11) is 1.80. The highest BCUT2D eigenvalue weighted by molar-refractivity contribution is 5.92. The fourth-order valence-corrected chi connectivity index (χ4v) is 3.57. The molecule has 1 saturated heterocycles. The Morgan fingerprint density at radius 1 is 1.39 bits per heavy atom. The summed E-state index contributed by atoms with van der Waals surface area (Å²) in [5.74, 6) is -0.625. The van der Waals surface area contributed by atoms with Crippen molar-refractivity contribution in [3.63, 3.8) is 0 Å². The lowest BCUT2D eigenvalue weighted by molar-refractivity contribution is -0.136. The van der Waals surface area contributed by atoms with Crippen molar-refractivity contribution in [1.82, 2.24) is 14.4 Å². The lowest BCUT2D eigenvalue weighted by Gasteiger charge is -2.30. The van der Waals surface area contributed by atoms with Gasteiger partial charge in [-0.1, -0.05) is 0 Å². The van der Waals surface area contributed by atoms with E-state index in [1.807, 2.05) is 13.0 Å². The fourth-order valence-electron chi connectivity index (χ4n) is 3.57. The number of fused-ring (bicyclic) bond motifs is 1. The van der Waals surface area contributed by atoms with Gasteiger partial charge in [0.05, 0.1) is 12.5 Å². The van der Waals surface area contributed by atoms with Crippen molar-refractivity contribution >= 4 is 17.7 Å². The van der Waals surface area contributed by atoms with E-state index in [0.29, 0.717) is 44.7 Å². The van der Waals surface area contributed by atoms with Crippen molar-refractivity contribution in [2.24, 2.45) is 18.7 Å². The summed E-state index contributed by atoms with van der Waals surface area (Å²) in [6.45, 7) is 4.16. The number of hydrogen-bond donors (Lipinski definition) is 1. The number of aromatic nitrogens is 1. The average molecular weight is 318 g/mol. The molecule has 1 unspecified atom stereocenters. The molecule has 7 nitrogen and oxygen atoms in total. The van der Waals surface area contributed by atoms with Crippen LogP contribution >= 0.6 is 0 Å². The second kappa shape index (κ2) is 5.72. The molecule has 124 valence electrons. The maximum absolute atomic E-state index is 12.7. The SMILES string of the molecule is CCN1CC(C(=O)N2CCc3cc(C(N)=O)n(C)c3C2)CC1=O. The van der Waals surface area contributed by atoms with Crippen molar-refractivity contribution in [3.8, 4) is 0 Å². The Morgan fingerprint density at radius 2 is 2.13 bits per heavy atom. The maximum atomic E-state index is 12.7. The van der Waals surface area contributed by atoms with E-state index in [2.05, 4.69) is 0 Å². The Hall–Kier alpha value is -2.31.